The minimum Gasteiger partial charge on any atom is -0.499 e. The van der Waals surface area contributed by atoms with E-state index in [2.05, 4.69) is 43.6 Å². The minimum atomic E-state index is -0.0591. The maximum atomic E-state index is 5.49. The Morgan fingerprint density at radius 2 is 2.18 bits per heavy atom. The number of nitrogens with one attached hydrogen (secondary N) is 2. The van der Waals surface area contributed by atoms with Crippen molar-refractivity contribution < 1.29 is 4.74 Å². The smallest absolute Gasteiger partial charge is 0.117 e. The lowest BCUT2D eigenvalue weighted by atomic mass is 9.86. The molecule has 3 heteroatoms. The normalized spacial score (nSPS) is 39.8. The molecule has 1 fully saturated rings. The van der Waals surface area contributed by atoms with E-state index in [1.807, 2.05) is 0 Å². The fraction of sp³-hybridized carbons (Fsp3) is 0.571. The van der Waals surface area contributed by atoms with Gasteiger partial charge in [0.15, 0.2) is 0 Å². The molecule has 0 saturated carbocycles. The van der Waals surface area contributed by atoms with Gasteiger partial charge in [-0.1, -0.05) is 13.0 Å². The summed E-state index contributed by atoms with van der Waals surface area (Å²) >= 11 is 0. The Morgan fingerprint density at radius 1 is 1.41 bits per heavy atom. The lowest BCUT2D eigenvalue weighted by Gasteiger charge is -2.27. The molecule has 1 aliphatic carbocycles. The van der Waals surface area contributed by atoms with E-state index in [9.17, 15) is 0 Å². The Bertz CT molecular complexity index is 461. The summed E-state index contributed by atoms with van der Waals surface area (Å²) in [6.45, 7) is 7.77. The van der Waals surface area contributed by atoms with Crippen molar-refractivity contribution in [2.24, 2.45) is 5.92 Å². The van der Waals surface area contributed by atoms with Crippen LogP contribution in [0.15, 0.2) is 34.6 Å². The summed E-state index contributed by atoms with van der Waals surface area (Å²) in [4.78, 5) is 0. The molecule has 0 aromatic heterocycles. The van der Waals surface area contributed by atoms with Crippen molar-refractivity contribution in [3.05, 3.63) is 34.6 Å². The SMILES string of the molecule is COC1=CC=C(C)C2=C3C(C)CNC3(C)NC12. The first-order valence-corrected chi connectivity index (χ1v) is 6.27. The lowest BCUT2D eigenvalue weighted by molar-refractivity contribution is 0.248. The molecule has 3 aliphatic rings. The molecule has 2 heterocycles. The zero-order valence-corrected chi connectivity index (χ0v) is 10.9. The van der Waals surface area contributed by atoms with E-state index in [0.29, 0.717) is 5.92 Å². The van der Waals surface area contributed by atoms with Crippen molar-refractivity contribution >= 4 is 0 Å². The van der Waals surface area contributed by atoms with Gasteiger partial charge in [0.2, 0.25) is 0 Å². The number of rotatable bonds is 1. The van der Waals surface area contributed by atoms with Crippen LogP contribution < -0.4 is 10.6 Å². The number of hydrogen-bond donors (Lipinski definition) is 2. The summed E-state index contributed by atoms with van der Waals surface area (Å²) in [6.07, 6.45) is 4.24. The van der Waals surface area contributed by atoms with Gasteiger partial charge in [0.05, 0.1) is 18.8 Å². The van der Waals surface area contributed by atoms with Crippen LogP contribution in [0, 0.1) is 5.92 Å². The van der Waals surface area contributed by atoms with E-state index in [1.165, 1.54) is 16.7 Å². The number of methoxy groups -OCH3 is 1. The van der Waals surface area contributed by atoms with E-state index in [1.54, 1.807) is 7.11 Å². The Morgan fingerprint density at radius 3 is 2.88 bits per heavy atom. The molecule has 3 atom stereocenters. The average Bonchev–Trinajstić information content (AvgIpc) is 2.75. The van der Waals surface area contributed by atoms with Gasteiger partial charge in [-0.3, -0.25) is 10.6 Å². The molecule has 3 nitrogen and oxygen atoms in total. The topological polar surface area (TPSA) is 33.3 Å². The highest BCUT2D eigenvalue weighted by molar-refractivity contribution is 5.56. The first kappa shape index (κ1) is 11.1. The molecule has 3 unspecified atom stereocenters. The van der Waals surface area contributed by atoms with Crippen molar-refractivity contribution in [1.82, 2.24) is 10.6 Å². The van der Waals surface area contributed by atoms with Crippen LogP contribution in [0.5, 0.6) is 0 Å². The molecule has 2 aliphatic heterocycles. The fourth-order valence-corrected chi connectivity index (χ4v) is 3.46. The molecule has 1 saturated heterocycles. The molecule has 17 heavy (non-hydrogen) atoms. The fourth-order valence-electron chi connectivity index (χ4n) is 3.46. The van der Waals surface area contributed by atoms with Gasteiger partial charge in [0.1, 0.15) is 5.76 Å². The molecule has 0 amide bonds. The Hall–Kier alpha value is -1.06. The molecule has 0 aromatic carbocycles. The van der Waals surface area contributed by atoms with Gasteiger partial charge in [0, 0.05) is 6.54 Å². The summed E-state index contributed by atoms with van der Waals surface area (Å²) in [6, 6.07) is 0.222. The maximum Gasteiger partial charge on any atom is 0.117 e. The predicted octanol–water partition coefficient (Wildman–Crippen LogP) is 1.70. The first-order chi connectivity index (χ1) is 8.07. The van der Waals surface area contributed by atoms with Gasteiger partial charge in [-0.25, -0.2) is 0 Å². The number of allylic oxidation sites excluding steroid dienone is 2. The second kappa shape index (κ2) is 3.47. The van der Waals surface area contributed by atoms with Crippen molar-refractivity contribution in [2.45, 2.75) is 32.5 Å². The third-order valence-corrected chi connectivity index (χ3v) is 4.25. The predicted molar refractivity (Wildman–Crippen MR) is 68.4 cm³/mol. The zero-order valence-electron chi connectivity index (χ0n) is 10.9. The van der Waals surface area contributed by atoms with Crippen LogP contribution in [-0.2, 0) is 4.74 Å². The first-order valence-electron chi connectivity index (χ1n) is 6.27. The summed E-state index contributed by atoms with van der Waals surface area (Å²) in [5, 5.41) is 7.26. The second-order valence-electron chi connectivity index (χ2n) is 5.43. The number of ether oxygens (including phenoxy) is 1. The lowest BCUT2D eigenvalue weighted by Crippen LogP contribution is -2.51. The Kier molecular flexibility index (Phi) is 2.25. The van der Waals surface area contributed by atoms with Gasteiger partial charge >= 0.3 is 0 Å². The molecule has 0 aromatic rings. The molecule has 2 N–H and O–H groups in total. The van der Waals surface area contributed by atoms with Gasteiger partial charge in [-0.2, -0.15) is 0 Å². The van der Waals surface area contributed by atoms with Crippen molar-refractivity contribution in [1.29, 1.82) is 0 Å². The van der Waals surface area contributed by atoms with Gasteiger partial charge < -0.3 is 4.74 Å². The van der Waals surface area contributed by atoms with Crippen LogP contribution in [0.25, 0.3) is 0 Å². The summed E-state index contributed by atoms with van der Waals surface area (Å²) < 4.78 is 5.49. The number of hydrogen-bond acceptors (Lipinski definition) is 3. The molecular weight excluding hydrogens is 212 g/mol. The highest BCUT2D eigenvalue weighted by Crippen LogP contribution is 2.44. The molecule has 0 bridgehead atoms. The summed E-state index contributed by atoms with van der Waals surface area (Å²) in [5.41, 5.74) is 4.25. The maximum absolute atomic E-state index is 5.49. The Balaban J connectivity index is 2.15. The molecule has 0 radical (unpaired) electrons. The van der Waals surface area contributed by atoms with Crippen LogP contribution in [-0.4, -0.2) is 25.4 Å². The van der Waals surface area contributed by atoms with E-state index < -0.39 is 0 Å². The van der Waals surface area contributed by atoms with Gasteiger partial charge in [-0.05, 0) is 42.6 Å². The summed E-state index contributed by atoms with van der Waals surface area (Å²) in [7, 11) is 1.75. The standard InChI is InChI=1S/C14H20N2O/c1-8-5-6-10(17-4)13-11(8)12-9(2)7-15-14(12,3)16-13/h5-6,9,13,15-16H,7H2,1-4H3. The van der Waals surface area contributed by atoms with Crippen LogP contribution >= 0.6 is 0 Å². The van der Waals surface area contributed by atoms with Gasteiger partial charge in [-0.15, -0.1) is 0 Å². The van der Waals surface area contributed by atoms with E-state index in [-0.39, 0.29) is 11.7 Å². The molecular formula is C14H20N2O. The van der Waals surface area contributed by atoms with Crippen molar-refractivity contribution in [3.8, 4) is 0 Å². The quantitative estimate of drug-likeness (QED) is 0.722. The minimum absolute atomic E-state index is 0.0591. The number of fused-ring (bicyclic) bond motifs is 2. The van der Waals surface area contributed by atoms with Crippen LogP contribution in [0.4, 0.5) is 0 Å². The Labute approximate surface area is 103 Å². The highest BCUT2D eigenvalue weighted by atomic mass is 16.5. The highest BCUT2D eigenvalue weighted by Gasteiger charge is 2.49. The van der Waals surface area contributed by atoms with Gasteiger partial charge in [0.25, 0.3) is 0 Å². The van der Waals surface area contributed by atoms with E-state index in [0.717, 1.165) is 12.3 Å². The van der Waals surface area contributed by atoms with E-state index >= 15 is 0 Å². The second-order valence-corrected chi connectivity index (χ2v) is 5.43. The monoisotopic (exact) mass is 232 g/mol. The third kappa shape index (κ3) is 1.36. The third-order valence-electron chi connectivity index (χ3n) is 4.25. The van der Waals surface area contributed by atoms with Crippen LogP contribution in [0.3, 0.4) is 0 Å². The van der Waals surface area contributed by atoms with Crippen molar-refractivity contribution in [3.63, 3.8) is 0 Å². The molecule has 92 valence electrons. The van der Waals surface area contributed by atoms with Crippen LogP contribution in [0.2, 0.25) is 0 Å². The average molecular weight is 232 g/mol. The molecule has 0 spiro atoms. The van der Waals surface area contributed by atoms with Crippen LogP contribution in [0.1, 0.15) is 20.8 Å². The zero-order chi connectivity index (χ0) is 12.2. The van der Waals surface area contributed by atoms with E-state index in [4.69, 9.17) is 4.74 Å². The summed E-state index contributed by atoms with van der Waals surface area (Å²) in [5.74, 6) is 1.61. The molecule has 3 rings (SSSR count). The van der Waals surface area contributed by atoms with Crippen molar-refractivity contribution in [2.75, 3.05) is 13.7 Å². The largest absolute Gasteiger partial charge is 0.499 e.